The van der Waals surface area contributed by atoms with Crippen molar-refractivity contribution in [3.05, 3.63) is 0 Å². The lowest BCUT2D eigenvalue weighted by atomic mass is 10.7. The molecule has 1 aliphatic heterocycles. The normalized spacial score (nSPS) is 18.7. The minimum Gasteiger partial charge on any atom is -0.477 e. The van der Waals surface area contributed by atoms with Crippen molar-refractivity contribution in [3.63, 3.8) is 0 Å². The summed E-state index contributed by atoms with van der Waals surface area (Å²) < 4.78 is 4.80. The fourth-order valence-electron chi connectivity index (χ4n) is 0.475. The van der Waals surface area contributed by atoms with Crippen LogP contribution in [-0.4, -0.2) is 30.8 Å². The summed E-state index contributed by atoms with van der Waals surface area (Å²) >= 11 is 0. The van der Waals surface area contributed by atoms with Gasteiger partial charge in [0.1, 0.15) is 13.2 Å². The fraction of sp³-hybridized carbons (Fsp3) is 0.750. The minimum absolute atomic E-state index is 0.0556. The maximum Gasteiger partial charge on any atom is 0.209 e. The maximum atomic E-state index is 8.31. The molecule has 0 aromatic carbocycles. The lowest BCUT2D eigenvalue weighted by molar-refractivity contribution is 0.282. The quantitative estimate of drug-likeness (QED) is 0.479. The van der Waals surface area contributed by atoms with Crippen molar-refractivity contribution in [1.82, 2.24) is 0 Å². The number of hydrogen-bond acceptors (Lipinski definition) is 3. The van der Waals surface area contributed by atoms with Crippen LogP contribution in [0.15, 0.2) is 4.99 Å². The van der Waals surface area contributed by atoms with Gasteiger partial charge in [0.15, 0.2) is 0 Å². The van der Waals surface area contributed by atoms with Gasteiger partial charge in [0.2, 0.25) is 5.90 Å². The van der Waals surface area contributed by atoms with E-state index in [2.05, 4.69) is 4.99 Å². The third-order valence-corrected chi connectivity index (χ3v) is 0.783. The molecule has 3 nitrogen and oxygen atoms in total. The van der Waals surface area contributed by atoms with Crippen LogP contribution in [0, 0.1) is 0 Å². The fourth-order valence-corrected chi connectivity index (χ4v) is 0.475. The summed E-state index contributed by atoms with van der Waals surface area (Å²) in [4.78, 5) is 3.80. The van der Waals surface area contributed by atoms with Crippen LogP contribution in [0.5, 0.6) is 0 Å². The molecule has 1 aliphatic rings. The van der Waals surface area contributed by atoms with Crippen LogP contribution in [0.4, 0.5) is 0 Å². The molecule has 40 valence electrons. The van der Waals surface area contributed by atoms with Gasteiger partial charge in [0.05, 0.1) is 6.54 Å². The van der Waals surface area contributed by atoms with Gasteiger partial charge in [-0.1, -0.05) is 0 Å². The average molecular weight is 101 g/mol. The second kappa shape index (κ2) is 1.93. The Morgan fingerprint density at radius 1 is 1.86 bits per heavy atom. The number of aliphatic imine (C=N–C) groups is 1. The maximum absolute atomic E-state index is 8.31. The molecule has 1 rings (SSSR count). The Morgan fingerprint density at radius 3 is 3.00 bits per heavy atom. The van der Waals surface area contributed by atoms with Gasteiger partial charge >= 0.3 is 0 Å². The zero-order valence-corrected chi connectivity index (χ0v) is 3.92. The van der Waals surface area contributed by atoms with Crippen LogP contribution >= 0.6 is 0 Å². The molecule has 1 heterocycles. The molecule has 0 spiro atoms. The highest BCUT2D eigenvalue weighted by molar-refractivity contribution is 5.78. The Hall–Kier alpha value is -0.570. The number of ether oxygens (including phenoxy) is 1. The molecular formula is C4H7NO2. The Kier molecular flexibility index (Phi) is 1.26. The Balaban J connectivity index is 2.36. The largest absolute Gasteiger partial charge is 0.477 e. The van der Waals surface area contributed by atoms with Gasteiger partial charge in [-0.15, -0.1) is 0 Å². The molecule has 0 bridgehead atoms. The molecule has 7 heavy (non-hydrogen) atoms. The van der Waals surface area contributed by atoms with Crippen LogP contribution in [0.2, 0.25) is 0 Å². The van der Waals surface area contributed by atoms with E-state index in [1.54, 1.807) is 0 Å². The summed E-state index contributed by atoms with van der Waals surface area (Å²) in [5, 5.41) is 8.31. The highest BCUT2D eigenvalue weighted by Crippen LogP contribution is 1.90. The van der Waals surface area contributed by atoms with Gasteiger partial charge in [0.25, 0.3) is 0 Å². The smallest absolute Gasteiger partial charge is 0.209 e. The first-order valence-electron chi connectivity index (χ1n) is 2.20. The van der Waals surface area contributed by atoms with E-state index in [-0.39, 0.29) is 6.61 Å². The second-order valence-electron chi connectivity index (χ2n) is 1.28. The average Bonchev–Trinajstić information content (AvgIpc) is 2.14. The minimum atomic E-state index is -0.0556. The van der Waals surface area contributed by atoms with Crippen molar-refractivity contribution in [2.24, 2.45) is 4.99 Å². The molecular weight excluding hydrogens is 94.0 g/mol. The predicted octanol–water partition coefficient (Wildman–Crippen LogP) is -0.593. The van der Waals surface area contributed by atoms with E-state index < -0.39 is 0 Å². The number of aliphatic hydroxyl groups excluding tert-OH is 1. The zero-order valence-electron chi connectivity index (χ0n) is 3.92. The van der Waals surface area contributed by atoms with Gasteiger partial charge in [0, 0.05) is 0 Å². The summed E-state index contributed by atoms with van der Waals surface area (Å²) in [6.45, 7) is 1.28. The lowest BCUT2D eigenvalue weighted by Crippen LogP contribution is -2.02. The zero-order chi connectivity index (χ0) is 5.11. The highest BCUT2D eigenvalue weighted by Gasteiger charge is 2.02. The van der Waals surface area contributed by atoms with Crippen LogP contribution in [0.1, 0.15) is 0 Å². The molecule has 0 fully saturated rings. The molecule has 1 N–H and O–H groups in total. The lowest BCUT2D eigenvalue weighted by Gasteiger charge is -1.91. The molecule has 0 amide bonds. The van der Waals surface area contributed by atoms with Crippen molar-refractivity contribution in [2.75, 3.05) is 19.8 Å². The van der Waals surface area contributed by atoms with Gasteiger partial charge in [-0.2, -0.15) is 0 Å². The second-order valence-corrected chi connectivity index (χ2v) is 1.28. The third-order valence-electron chi connectivity index (χ3n) is 0.783. The predicted molar refractivity (Wildman–Crippen MR) is 25.3 cm³/mol. The molecule has 0 radical (unpaired) electrons. The Morgan fingerprint density at radius 2 is 2.71 bits per heavy atom. The number of aliphatic hydroxyl groups is 1. The summed E-state index contributed by atoms with van der Waals surface area (Å²) in [6, 6.07) is 0. The van der Waals surface area contributed by atoms with E-state index in [0.29, 0.717) is 19.0 Å². The Labute approximate surface area is 41.6 Å². The van der Waals surface area contributed by atoms with E-state index in [9.17, 15) is 0 Å². The first-order valence-corrected chi connectivity index (χ1v) is 2.20. The summed E-state index contributed by atoms with van der Waals surface area (Å²) in [6.07, 6.45) is 0. The van der Waals surface area contributed by atoms with E-state index >= 15 is 0 Å². The molecule has 0 aromatic rings. The first kappa shape index (κ1) is 4.59. The highest BCUT2D eigenvalue weighted by atomic mass is 16.5. The van der Waals surface area contributed by atoms with Gasteiger partial charge < -0.3 is 9.84 Å². The first-order chi connectivity index (χ1) is 3.43. The SMILES string of the molecule is OCC1=NCCO1. The Bertz CT molecular complexity index is 89.7. The van der Waals surface area contributed by atoms with Crippen molar-refractivity contribution < 1.29 is 9.84 Å². The molecule has 0 aliphatic carbocycles. The van der Waals surface area contributed by atoms with Crippen molar-refractivity contribution in [2.45, 2.75) is 0 Å². The topological polar surface area (TPSA) is 41.8 Å². The molecule has 0 saturated carbocycles. The monoisotopic (exact) mass is 101 g/mol. The standard InChI is InChI=1S/C4H7NO2/c6-3-4-5-1-2-7-4/h6H,1-3H2. The summed E-state index contributed by atoms with van der Waals surface area (Å²) in [7, 11) is 0. The van der Waals surface area contributed by atoms with Gasteiger partial charge in [-0.3, -0.25) is 4.99 Å². The van der Waals surface area contributed by atoms with Gasteiger partial charge in [-0.25, -0.2) is 0 Å². The van der Waals surface area contributed by atoms with Crippen LogP contribution in [0.3, 0.4) is 0 Å². The van der Waals surface area contributed by atoms with Crippen molar-refractivity contribution in [1.29, 1.82) is 0 Å². The van der Waals surface area contributed by atoms with Gasteiger partial charge in [-0.05, 0) is 0 Å². The van der Waals surface area contributed by atoms with E-state index in [4.69, 9.17) is 9.84 Å². The number of hydrogen-bond donors (Lipinski definition) is 1. The third kappa shape index (κ3) is 0.899. The van der Waals surface area contributed by atoms with E-state index in [0.717, 1.165) is 0 Å². The number of rotatable bonds is 1. The van der Waals surface area contributed by atoms with Crippen molar-refractivity contribution in [3.8, 4) is 0 Å². The number of nitrogens with zero attached hydrogens (tertiary/aromatic N) is 1. The van der Waals surface area contributed by atoms with E-state index in [1.807, 2.05) is 0 Å². The molecule has 0 saturated heterocycles. The summed E-state index contributed by atoms with van der Waals surface area (Å²) in [5.74, 6) is 0.472. The summed E-state index contributed by atoms with van der Waals surface area (Å²) in [5.41, 5.74) is 0. The molecule has 0 aromatic heterocycles. The molecule has 0 unspecified atom stereocenters. The molecule has 0 atom stereocenters. The van der Waals surface area contributed by atoms with Crippen molar-refractivity contribution >= 4 is 5.90 Å². The van der Waals surface area contributed by atoms with Crippen LogP contribution in [-0.2, 0) is 4.74 Å². The van der Waals surface area contributed by atoms with Crippen LogP contribution < -0.4 is 0 Å². The molecule has 3 heteroatoms. The van der Waals surface area contributed by atoms with E-state index in [1.165, 1.54) is 0 Å². The van der Waals surface area contributed by atoms with Crippen LogP contribution in [0.25, 0.3) is 0 Å².